The Morgan fingerprint density at radius 1 is 0.315 bits per heavy atom. The highest BCUT2D eigenvalue weighted by atomic mass is 15.2. The molecule has 0 spiro atoms. The summed E-state index contributed by atoms with van der Waals surface area (Å²) in [6.07, 6.45) is 2.06. The van der Waals surface area contributed by atoms with Crippen LogP contribution >= 0.6 is 0 Å². The summed E-state index contributed by atoms with van der Waals surface area (Å²) in [5, 5.41) is 4.91. The summed E-state index contributed by atoms with van der Waals surface area (Å²) in [5.74, 6) is 0.875. The normalized spacial score (nSPS) is 14.8. The standard InChI is InChI=1S/C70H55N3/c1-68(2)59-26-16-14-22-52(59)54-35-32-50(40-62(54)68)72(48-20-8-7-9-21-48)65-42-64-67(57-25-13-12-24-56(57)65)58-34-29-46(39-61(58)70(64,5)6)47-30-37-66(71-43-47)73(49-31-28-44-18-10-11-19-45(44)38-49)51-33-36-55-53-23-15-17-27-60(53)69(3,4)63(55)41-51/h7-43H,1-6H3. The minimum atomic E-state index is -0.287. The van der Waals surface area contributed by atoms with Crippen LogP contribution in [0.4, 0.5) is 34.3 Å². The van der Waals surface area contributed by atoms with Crippen LogP contribution < -0.4 is 9.80 Å². The predicted molar refractivity (Wildman–Crippen MR) is 307 cm³/mol. The fourth-order valence-corrected chi connectivity index (χ4v) is 13.0. The lowest BCUT2D eigenvalue weighted by Gasteiger charge is -2.31. The number of nitrogens with zero attached hydrogens (tertiary/aromatic N) is 3. The number of rotatable bonds is 7. The van der Waals surface area contributed by atoms with Gasteiger partial charge in [0.15, 0.2) is 0 Å². The Morgan fingerprint density at radius 2 is 0.822 bits per heavy atom. The topological polar surface area (TPSA) is 19.4 Å². The maximum absolute atomic E-state index is 5.32. The van der Waals surface area contributed by atoms with Gasteiger partial charge in [-0.2, -0.15) is 0 Å². The zero-order chi connectivity index (χ0) is 49.4. The van der Waals surface area contributed by atoms with Crippen LogP contribution in [0.25, 0.3) is 66.1 Å². The number of hydrogen-bond acceptors (Lipinski definition) is 3. The van der Waals surface area contributed by atoms with Crippen molar-refractivity contribution in [2.45, 2.75) is 57.8 Å². The Morgan fingerprint density at radius 3 is 1.49 bits per heavy atom. The zero-order valence-electron chi connectivity index (χ0n) is 42.2. The second-order valence-electron chi connectivity index (χ2n) is 22.0. The molecule has 350 valence electrons. The van der Waals surface area contributed by atoms with E-state index in [1.807, 2.05) is 0 Å². The van der Waals surface area contributed by atoms with Crippen molar-refractivity contribution in [3.63, 3.8) is 0 Å². The number of benzene rings is 10. The van der Waals surface area contributed by atoms with E-state index in [4.69, 9.17) is 4.98 Å². The molecule has 0 radical (unpaired) electrons. The Balaban J connectivity index is 0.860. The molecule has 0 saturated heterocycles. The van der Waals surface area contributed by atoms with Gasteiger partial charge in [-0.15, -0.1) is 0 Å². The van der Waals surface area contributed by atoms with Crippen molar-refractivity contribution in [3.8, 4) is 44.5 Å². The van der Waals surface area contributed by atoms with Crippen LogP contribution in [0, 0.1) is 0 Å². The van der Waals surface area contributed by atoms with Crippen LogP contribution in [0.2, 0.25) is 0 Å². The summed E-state index contributed by atoms with van der Waals surface area (Å²) in [6.45, 7) is 14.2. The van der Waals surface area contributed by atoms with Crippen LogP contribution in [0.5, 0.6) is 0 Å². The first-order valence-corrected chi connectivity index (χ1v) is 25.8. The highest BCUT2D eigenvalue weighted by Gasteiger charge is 2.40. The third-order valence-electron chi connectivity index (χ3n) is 16.9. The highest BCUT2D eigenvalue weighted by molar-refractivity contribution is 6.10. The van der Waals surface area contributed by atoms with E-state index in [0.717, 1.165) is 39.7 Å². The van der Waals surface area contributed by atoms with Crippen LogP contribution in [0.3, 0.4) is 0 Å². The largest absolute Gasteiger partial charge is 0.310 e. The van der Waals surface area contributed by atoms with Crippen molar-refractivity contribution in [2.75, 3.05) is 9.80 Å². The van der Waals surface area contributed by atoms with Crippen LogP contribution in [-0.2, 0) is 16.2 Å². The van der Waals surface area contributed by atoms with Crippen molar-refractivity contribution < 1.29 is 0 Å². The monoisotopic (exact) mass is 937 g/mol. The summed E-state index contributed by atoms with van der Waals surface area (Å²) in [4.78, 5) is 10.1. The first-order valence-electron chi connectivity index (χ1n) is 25.8. The molecule has 73 heavy (non-hydrogen) atoms. The fourth-order valence-electron chi connectivity index (χ4n) is 13.0. The highest BCUT2D eigenvalue weighted by Crippen LogP contribution is 2.57. The van der Waals surface area contributed by atoms with Gasteiger partial charge in [-0.1, -0.05) is 187 Å². The van der Waals surface area contributed by atoms with E-state index < -0.39 is 0 Å². The van der Waals surface area contributed by atoms with Gasteiger partial charge in [0.25, 0.3) is 0 Å². The zero-order valence-corrected chi connectivity index (χ0v) is 42.2. The van der Waals surface area contributed by atoms with E-state index in [-0.39, 0.29) is 16.2 Å². The van der Waals surface area contributed by atoms with E-state index >= 15 is 0 Å². The molecule has 3 aliphatic rings. The lowest BCUT2D eigenvalue weighted by molar-refractivity contribution is 0.660. The maximum atomic E-state index is 5.32. The molecule has 3 nitrogen and oxygen atoms in total. The van der Waals surface area contributed by atoms with E-state index in [1.54, 1.807) is 0 Å². The van der Waals surface area contributed by atoms with Gasteiger partial charge in [0.05, 0.1) is 5.69 Å². The van der Waals surface area contributed by atoms with Crippen LogP contribution in [0.15, 0.2) is 225 Å². The van der Waals surface area contributed by atoms with E-state index in [9.17, 15) is 0 Å². The van der Waals surface area contributed by atoms with Crippen molar-refractivity contribution in [3.05, 3.63) is 258 Å². The molecule has 0 bridgehead atoms. The molecule has 11 aromatic rings. The maximum Gasteiger partial charge on any atom is 0.137 e. The SMILES string of the molecule is CC1(C)c2ccccc2-c2ccc(N(c3ccc4ccccc4c3)c3ccc(-c4ccc5c(c4)C(C)(C)c4cc(N(c6ccccc6)c6ccc7c(c6)C(C)(C)c6ccccc6-7)c6ccccc6c4-5)cn3)cc21. The summed E-state index contributed by atoms with van der Waals surface area (Å²) in [7, 11) is 0. The predicted octanol–water partition coefficient (Wildman–Crippen LogP) is 18.9. The molecule has 1 aromatic heterocycles. The van der Waals surface area contributed by atoms with Crippen molar-refractivity contribution in [1.29, 1.82) is 0 Å². The molecule has 0 aliphatic heterocycles. The minimum absolute atomic E-state index is 0.120. The van der Waals surface area contributed by atoms with Gasteiger partial charge in [-0.25, -0.2) is 4.98 Å². The number of anilines is 6. The number of aromatic nitrogens is 1. The number of para-hydroxylation sites is 1. The molecule has 3 aliphatic carbocycles. The minimum Gasteiger partial charge on any atom is -0.310 e. The average molecular weight is 938 g/mol. The third kappa shape index (κ3) is 6.41. The summed E-state index contributed by atoms with van der Waals surface area (Å²) < 4.78 is 0. The Bertz CT molecular complexity index is 4070. The van der Waals surface area contributed by atoms with E-state index in [0.29, 0.717) is 0 Å². The number of fused-ring (bicyclic) bond motifs is 12. The molecule has 0 unspecified atom stereocenters. The van der Waals surface area contributed by atoms with Gasteiger partial charge in [-0.3, -0.25) is 4.90 Å². The van der Waals surface area contributed by atoms with Crippen LogP contribution in [-0.4, -0.2) is 4.98 Å². The molecule has 0 saturated carbocycles. The summed E-state index contributed by atoms with van der Waals surface area (Å²) >= 11 is 0. The molecule has 0 atom stereocenters. The van der Waals surface area contributed by atoms with Gasteiger partial charge in [0.1, 0.15) is 5.82 Å². The second-order valence-corrected chi connectivity index (χ2v) is 22.0. The lowest BCUT2D eigenvalue weighted by atomic mass is 9.80. The molecule has 1 heterocycles. The second kappa shape index (κ2) is 15.7. The molecular formula is C70H55N3. The molecule has 0 fully saturated rings. The van der Waals surface area contributed by atoms with Gasteiger partial charge >= 0.3 is 0 Å². The number of hydrogen-bond donors (Lipinski definition) is 0. The lowest BCUT2D eigenvalue weighted by Crippen LogP contribution is -2.18. The molecular weight excluding hydrogens is 883 g/mol. The van der Waals surface area contributed by atoms with Gasteiger partial charge < -0.3 is 4.90 Å². The molecule has 10 aromatic carbocycles. The van der Waals surface area contributed by atoms with Gasteiger partial charge in [0, 0.05) is 56.1 Å². The Hall–Kier alpha value is -8.53. The van der Waals surface area contributed by atoms with E-state index in [2.05, 4.69) is 276 Å². The molecule has 0 N–H and O–H groups in total. The average Bonchev–Trinajstić information content (AvgIpc) is 3.90. The first-order chi connectivity index (χ1) is 35.5. The Labute approximate surface area is 428 Å². The first kappa shape index (κ1) is 43.3. The van der Waals surface area contributed by atoms with Crippen molar-refractivity contribution >= 4 is 55.8 Å². The molecule has 14 rings (SSSR count). The summed E-state index contributed by atoms with van der Waals surface area (Å²) in [5.41, 5.74) is 23.4. The van der Waals surface area contributed by atoms with Gasteiger partial charge in [0.2, 0.25) is 0 Å². The quantitative estimate of drug-likeness (QED) is 0.159. The summed E-state index contributed by atoms with van der Waals surface area (Å²) in [6, 6.07) is 81.1. The van der Waals surface area contributed by atoms with E-state index in [1.165, 1.54) is 94.0 Å². The molecule has 3 heteroatoms. The number of pyridine rings is 1. The smallest absolute Gasteiger partial charge is 0.137 e. The third-order valence-corrected chi connectivity index (χ3v) is 16.9. The Kier molecular flexibility index (Phi) is 9.33. The van der Waals surface area contributed by atoms with Crippen molar-refractivity contribution in [2.24, 2.45) is 0 Å². The van der Waals surface area contributed by atoms with Crippen molar-refractivity contribution in [1.82, 2.24) is 4.98 Å². The van der Waals surface area contributed by atoms with Crippen LogP contribution in [0.1, 0.15) is 74.9 Å². The fraction of sp³-hybridized carbons (Fsp3) is 0.129. The molecule has 0 amide bonds. The van der Waals surface area contributed by atoms with Gasteiger partial charge in [-0.05, 0) is 161 Å².